The Hall–Kier alpha value is -3.72. The van der Waals surface area contributed by atoms with Crippen LogP contribution in [0.4, 0.5) is 0 Å². The van der Waals surface area contributed by atoms with Gasteiger partial charge in [-0.15, -0.1) is 0 Å². The molecule has 3 aromatic rings. The third kappa shape index (κ3) is 4.78. The minimum Gasteiger partial charge on any atom is -0.497 e. The van der Waals surface area contributed by atoms with E-state index in [1.165, 1.54) is 16.8 Å². The summed E-state index contributed by atoms with van der Waals surface area (Å²) in [6, 6.07) is 14.9. The van der Waals surface area contributed by atoms with E-state index < -0.39 is 5.37 Å². The first-order valence-electron chi connectivity index (χ1n) is 9.82. The molecule has 1 saturated heterocycles. The highest BCUT2D eigenvalue weighted by Gasteiger charge is 2.38. The molecule has 0 spiro atoms. The molecule has 8 nitrogen and oxygen atoms in total. The molecule has 0 radical (unpaired) electrons. The van der Waals surface area contributed by atoms with Crippen LogP contribution in [0.2, 0.25) is 0 Å². The van der Waals surface area contributed by atoms with E-state index in [2.05, 4.69) is 10.4 Å². The van der Waals surface area contributed by atoms with Gasteiger partial charge >= 0.3 is 0 Å². The van der Waals surface area contributed by atoms with Gasteiger partial charge in [-0.3, -0.25) is 15.0 Å². The molecule has 1 atom stereocenters. The van der Waals surface area contributed by atoms with Crippen molar-refractivity contribution in [3.63, 3.8) is 0 Å². The minimum absolute atomic E-state index is 0.0569. The van der Waals surface area contributed by atoms with Crippen molar-refractivity contribution in [2.24, 2.45) is 0 Å². The Morgan fingerprint density at radius 3 is 2.34 bits per heavy atom. The molecule has 9 heteroatoms. The van der Waals surface area contributed by atoms with Crippen molar-refractivity contribution in [2.75, 3.05) is 14.2 Å². The molecule has 0 bridgehead atoms. The molecule has 2 aromatic carbocycles. The van der Waals surface area contributed by atoms with Crippen LogP contribution >= 0.6 is 11.8 Å². The predicted molar refractivity (Wildman–Crippen MR) is 122 cm³/mol. The lowest BCUT2D eigenvalue weighted by molar-refractivity contribution is -0.138. The summed E-state index contributed by atoms with van der Waals surface area (Å²) in [6.45, 7) is 0.0569. The Bertz CT molecular complexity index is 1110. The molecule has 4 rings (SSSR count). The normalized spacial score (nSPS) is 16.9. The molecule has 1 unspecified atom stereocenters. The van der Waals surface area contributed by atoms with Gasteiger partial charge in [-0.25, -0.2) is 9.99 Å². The van der Waals surface area contributed by atoms with E-state index in [1.54, 1.807) is 37.5 Å². The van der Waals surface area contributed by atoms with Gasteiger partial charge in [0, 0.05) is 12.4 Å². The number of benzene rings is 2. The van der Waals surface area contributed by atoms with E-state index in [1.807, 2.05) is 54.6 Å². The van der Waals surface area contributed by atoms with Gasteiger partial charge in [0.2, 0.25) is 0 Å². The molecule has 1 aromatic heterocycles. The van der Waals surface area contributed by atoms with Crippen LogP contribution in [0.1, 0.15) is 16.5 Å². The van der Waals surface area contributed by atoms with Gasteiger partial charge in [-0.1, -0.05) is 36.0 Å². The second kappa shape index (κ2) is 9.61. The number of hydrogen-bond acceptors (Lipinski definition) is 6. The molecule has 1 N–H and O–H groups in total. The van der Waals surface area contributed by atoms with Gasteiger partial charge in [0.1, 0.15) is 23.4 Å². The third-order valence-electron chi connectivity index (χ3n) is 4.85. The number of nitrogens with zero attached hydrogens (tertiary/aromatic N) is 3. The van der Waals surface area contributed by atoms with Crippen molar-refractivity contribution in [1.29, 1.82) is 0 Å². The summed E-state index contributed by atoms with van der Waals surface area (Å²) in [6.07, 6.45) is 6.65. The highest BCUT2D eigenvalue weighted by molar-refractivity contribution is 8.04. The first kappa shape index (κ1) is 21.5. The molecule has 2 heterocycles. The molecular weight excluding hydrogens is 428 g/mol. The van der Waals surface area contributed by atoms with E-state index in [-0.39, 0.29) is 18.4 Å². The minimum atomic E-state index is -0.412. The lowest BCUT2D eigenvalue weighted by Gasteiger charge is -2.24. The Balaban J connectivity index is 1.60. The van der Waals surface area contributed by atoms with Gasteiger partial charge in [0.05, 0.1) is 25.5 Å². The number of hydrogen-bond donors (Lipinski definition) is 1. The van der Waals surface area contributed by atoms with Crippen LogP contribution in [-0.2, 0) is 16.1 Å². The highest BCUT2D eigenvalue weighted by atomic mass is 32.2. The van der Waals surface area contributed by atoms with Crippen molar-refractivity contribution >= 4 is 29.7 Å². The summed E-state index contributed by atoms with van der Waals surface area (Å²) in [4.78, 5) is 30.3. The fourth-order valence-electron chi connectivity index (χ4n) is 3.21. The summed E-state index contributed by atoms with van der Waals surface area (Å²) in [7, 11) is 3.20. The van der Waals surface area contributed by atoms with Gasteiger partial charge in [-0.05, 0) is 41.5 Å². The van der Waals surface area contributed by atoms with Crippen LogP contribution in [0.3, 0.4) is 0 Å². The first-order chi connectivity index (χ1) is 15.6. The molecule has 164 valence electrons. The summed E-state index contributed by atoms with van der Waals surface area (Å²) in [5, 5.41) is 0.964. The fourth-order valence-corrected chi connectivity index (χ4v) is 4.40. The van der Waals surface area contributed by atoms with E-state index in [0.717, 1.165) is 16.9 Å². The Morgan fingerprint density at radius 2 is 1.75 bits per heavy atom. The maximum absolute atomic E-state index is 13.2. The SMILES string of the molecule is COc1ccc(/C=C2\SC(c3ccc(OC)cc3)N(NC(=O)Cn3ccnc3)C2=O)cc1. The number of nitrogens with one attached hydrogen (secondary N) is 1. The van der Waals surface area contributed by atoms with Crippen molar-refractivity contribution in [3.8, 4) is 11.5 Å². The zero-order valence-corrected chi connectivity index (χ0v) is 18.4. The maximum atomic E-state index is 13.2. The average Bonchev–Trinajstić information content (AvgIpc) is 3.43. The number of methoxy groups -OCH3 is 2. The smallest absolute Gasteiger partial charge is 0.280 e. The second-order valence-corrected chi connectivity index (χ2v) is 8.09. The number of ether oxygens (including phenoxy) is 2. The van der Waals surface area contributed by atoms with E-state index >= 15 is 0 Å². The molecule has 1 aliphatic heterocycles. The molecule has 32 heavy (non-hydrogen) atoms. The monoisotopic (exact) mass is 450 g/mol. The molecular formula is C23H22N4O4S. The third-order valence-corrected chi connectivity index (χ3v) is 6.10. The summed E-state index contributed by atoms with van der Waals surface area (Å²) in [5.74, 6) is 0.863. The van der Waals surface area contributed by atoms with E-state index in [4.69, 9.17) is 9.47 Å². The summed E-state index contributed by atoms with van der Waals surface area (Å²) < 4.78 is 12.1. The topological polar surface area (TPSA) is 85.7 Å². The highest BCUT2D eigenvalue weighted by Crippen LogP contribution is 2.45. The number of amides is 2. The van der Waals surface area contributed by atoms with Crippen LogP contribution in [0, 0.1) is 0 Å². The fraction of sp³-hybridized carbons (Fsp3) is 0.174. The molecule has 0 saturated carbocycles. The molecule has 0 aliphatic carbocycles. The maximum Gasteiger partial charge on any atom is 0.280 e. The zero-order chi connectivity index (χ0) is 22.5. The van der Waals surface area contributed by atoms with E-state index in [0.29, 0.717) is 10.7 Å². The van der Waals surface area contributed by atoms with E-state index in [9.17, 15) is 9.59 Å². The Kier molecular flexibility index (Phi) is 6.46. The molecule has 2 amide bonds. The second-order valence-electron chi connectivity index (χ2n) is 6.97. The lowest BCUT2D eigenvalue weighted by atomic mass is 10.2. The zero-order valence-electron chi connectivity index (χ0n) is 17.6. The van der Waals surface area contributed by atoms with Crippen LogP contribution in [0.5, 0.6) is 11.5 Å². The molecule has 1 aliphatic rings. The van der Waals surface area contributed by atoms with Crippen molar-refractivity contribution in [1.82, 2.24) is 20.0 Å². The number of aromatic nitrogens is 2. The number of imidazole rings is 1. The van der Waals surface area contributed by atoms with Gasteiger partial charge in [-0.2, -0.15) is 0 Å². The van der Waals surface area contributed by atoms with Crippen molar-refractivity contribution in [2.45, 2.75) is 11.9 Å². The largest absolute Gasteiger partial charge is 0.497 e. The number of rotatable bonds is 7. The summed E-state index contributed by atoms with van der Waals surface area (Å²) >= 11 is 1.38. The number of carbonyl (C=O) groups excluding carboxylic acids is 2. The lowest BCUT2D eigenvalue weighted by Crippen LogP contribution is -2.45. The van der Waals surface area contributed by atoms with Crippen molar-refractivity contribution in [3.05, 3.63) is 83.3 Å². The Morgan fingerprint density at radius 1 is 1.09 bits per heavy atom. The quantitative estimate of drug-likeness (QED) is 0.556. The van der Waals surface area contributed by atoms with Crippen LogP contribution < -0.4 is 14.9 Å². The number of thioether (sulfide) groups is 1. The Labute approximate surface area is 189 Å². The number of carbonyl (C=O) groups is 2. The van der Waals surface area contributed by atoms with Crippen molar-refractivity contribution < 1.29 is 19.1 Å². The van der Waals surface area contributed by atoms with Gasteiger partial charge in [0.25, 0.3) is 11.8 Å². The van der Waals surface area contributed by atoms with Gasteiger partial charge < -0.3 is 14.0 Å². The van der Waals surface area contributed by atoms with Gasteiger partial charge in [0.15, 0.2) is 0 Å². The average molecular weight is 451 g/mol. The number of hydrazine groups is 1. The predicted octanol–water partition coefficient (Wildman–Crippen LogP) is 3.25. The van der Waals surface area contributed by atoms with Crippen LogP contribution in [0.15, 0.2) is 72.2 Å². The first-order valence-corrected chi connectivity index (χ1v) is 10.7. The molecule has 1 fully saturated rings. The van der Waals surface area contributed by atoms with Crippen LogP contribution in [-0.4, -0.2) is 40.6 Å². The standard InChI is InChI=1S/C23H22N4O4S/c1-30-18-7-3-16(4-8-18)13-20-22(29)27(25-21(28)14-26-12-11-24-15-26)23(32-20)17-5-9-19(31-2)10-6-17/h3-13,15,23H,14H2,1-2H3,(H,25,28)/b20-13-. The van der Waals surface area contributed by atoms with Crippen LogP contribution in [0.25, 0.3) is 6.08 Å². The summed E-state index contributed by atoms with van der Waals surface area (Å²) in [5.41, 5.74) is 4.49.